The summed E-state index contributed by atoms with van der Waals surface area (Å²) in [6.45, 7) is 4.20. The molecular weight excluding hydrogens is 416 g/mol. The number of anilines is 1. The minimum Gasteiger partial charge on any atom is -0.311 e. The van der Waals surface area contributed by atoms with Crippen molar-refractivity contribution in [2.24, 2.45) is 5.92 Å². The lowest BCUT2D eigenvalue weighted by Crippen LogP contribution is -2.49. The SMILES string of the molecule is CCCCC(CC)CCN(c1ccccc1)C(F)(F)C(F)CCCCCCC(F)(F)F. The molecule has 0 N–H and O–H groups in total. The van der Waals surface area contributed by atoms with E-state index >= 15 is 8.78 Å². The average Bonchev–Trinajstić information content (AvgIpc) is 2.72. The van der Waals surface area contributed by atoms with E-state index < -0.39 is 24.8 Å². The molecule has 0 spiro atoms. The highest BCUT2D eigenvalue weighted by molar-refractivity contribution is 5.47. The van der Waals surface area contributed by atoms with Crippen molar-refractivity contribution in [3.63, 3.8) is 0 Å². The van der Waals surface area contributed by atoms with Gasteiger partial charge in [-0.3, -0.25) is 0 Å². The third-order valence-electron chi connectivity index (χ3n) is 5.78. The summed E-state index contributed by atoms with van der Waals surface area (Å²) in [5.41, 5.74) is 0.283. The van der Waals surface area contributed by atoms with Gasteiger partial charge in [0.1, 0.15) is 0 Å². The third-order valence-corrected chi connectivity index (χ3v) is 5.78. The van der Waals surface area contributed by atoms with Gasteiger partial charge in [-0.1, -0.05) is 77.0 Å². The van der Waals surface area contributed by atoms with E-state index in [-0.39, 0.29) is 37.9 Å². The predicted molar refractivity (Wildman–Crippen MR) is 115 cm³/mol. The molecule has 7 heteroatoms. The zero-order chi connectivity index (χ0) is 23.3. The Balaban J connectivity index is 2.69. The van der Waals surface area contributed by atoms with Gasteiger partial charge in [0.25, 0.3) is 0 Å². The van der Waals surface area contributed by atoms with Gasteiger partial charge in [0, 0.05) is 18.7 Å². The summed E-state index contributed by atoms with van der Waals surface area (Å²) in [4.78, 5) is 0.871. The van der Waals surface area contributed by atoms with Crippen LogP contribution in [0.4, 0.5) is 32.0 Å². The molecule has 1 aromatic rings. The first-order chi connectivity index (χ1) is 14.6. The van der Waals surface area contributed by atoms with Crippen molar-refractivity contribution in [3.05, 3.63) is 30.3 Å². The molecule has 0 aliphatic heterocycles. The Morgan fingerprint density at radius 3 is 2.03 bits per heavy atom. The van der Waals surface area contributed by atoms with Crippen LogP contribution < -0.4 is 4.90 Å². The smallest absolute Gasteiger partial charge is 0.311 e. The van der Waals surface area contributed by atoms with Crippen LogP contribution in [0.15, 0.2) is 30.3 Å². The highest BCUT2D eigenvalue weighted by atomic mass is 19.4. The van der Waals surface area contributed by atoms with Gasteiger partial charge in [-0.15, -0.1) is 0 Å². The van der Waals surface area contributed by atoms with E-state index in [0.717, 1.165) is 30.6 Å². The van der Waals surface area contributed by atoms with Crippen LogP contribution in [-0.4, -0.2) is 24.9 Å². The maximum Gasteiger partial charge on any atom is 0.389 e. The molecule has 0 saturated heterocycles. The fraction of sp³-hybridized carbons (Fsp3) is 0.750. The molecular formula is C24H37F6N. The molecule has 1 rings (SSSR count). The summed E-state index contributed by atoms with van der Waals surface area (Å²) in [6.07, 6.45) is -2.66. The van der Waals surface area contributed by atoms with Crippen molar-refractivity contribution < 1.29 is 26.3 Å². The summed E-state index contributed by atoms with van der Waals surface area (Å²) in [5.74, 6) is 0.314. The molecule has 2 unspecified atom stereocenters. The maximum absolute atomic E-state index is 15.1. The summed E-state index contributed by atoms with van der Waals surface area (Å²) >= 11 is 0. The lowest BCUT2D eigenvalue weighted by Gasteiger charge is -2.36. The summed E-state index contributed by atoms with van der Waals surface area (Å²) in [6, 6.07) is 4.48. The van der Waals surface area contributed by atoms with Crippen molar-refractivity contribution in [3.8, 4) is 0 Å². The average molecular weight is 454 g/mol. The van der Waals surface area contributed by atoms with Crippen LogP contribution in [0.2, 0.25) is 0 Å². The van der Waals surface area contributed by atoms with E-state index in [1.807, 2.05) is 6.92 Å². The van der Waals surface area contributed by atoms with Gasteiger partial charge < -0.3 is 4.90 Å². The number of rotatable bonds is 16. The highest BCUT2D eigenvalue weighted by Gasteiger charge is 2.45. The molecule has 0 amide bonds. The summed E-state index contributed by atoms with van der Waals surface area (Å²) in [5, 5.41) is 0. The molecule has 31 heavy (non-hydrogen) atoms. The molecule has 0 radical (unpaired) electrons. The van der Waals surface area contributed by atoms with Crippen LogP contribution in [0, 0.1) is 5.92 Å². The second-order valence-electron chi connectivity index (χ2n) is 8.32. The van der Waals surface area contributed by atoms with Crippen LogP contribution in [0.25, 0.3) is 0 Å². The van der Waals surface area contributed by atoms with Crippen LogP contribution in [-0.2, 0) is 0 Å². The lowest BCUT2D eigenvalue weighted by atomic mass is 9.95. The molecule has 0 fully saturated rings. The second kappa shape index (κ2) is 13.9. The van der Waals surface area contributed by atoms with Gasteiger partial charge in [-0.25, -0.2) is 4.39 Å². The monoisotopic (exact) mass is 453 g/mol. The number of nitrogens with zero attached hydrogens (tertiary/aromatic N) is 1. The van der Waals surface area contributed by atoms with E-state index in [0.29, 0.717) is 18.8 Å². The van der Waals surface area contributed by atoms with Crippen LogP contribution >= 0.6 is 0 Å². The maximum atomic E-state index is 15.1. The number of para-hydroxylation sites is 1. The molecule has 0 aliphatic rings. The van der Waals surface area contributed by atoms with Crippen molar-refractivity contribution in [1.82, 2.24) is 0 Å². The number of unbranched alkanes of at least 4 members (excludes halogenated alkanes) is 4. The van der Waals surface area contributed by atoms with Gasteiger partial charge in [0.15, 0.2) is 6.17 Å². The van der Waals surface area contributed by atoms with E-state index in [1.54, 1.807) is 30.3 Å². The molecule has 1 aromatic carbocycles. The number of halogens is 6. The second-order valence-corrected chi connectivity index (χ2v) is 8.32. The number of hydrogen-bond donors (Lipinski definition) is 0. The first-order valence-corrected chi connectivity index (χ1v) is 11.5. The van der Waals surface area contributed by atoms with Crippen molar-refractivity contribution >= 4 is 5.69 Å². The van der Waals surface area contributed by atoms with Crippen molar-refractivity contribution in [1.29, 1.82) is 0 Å². The molecule has 0 aliphatic carbocycles. The Labute approximate surface area is 183 Å². The normalized spacial score (nSPS) is 14.5. The molecule has 0 aromatic heterocycles. The zero-order valence-electron chi connectivity index (χ0n) is 18.7. The van der Waals surface area contributed by atoms with Gasteiger partial charge in [-0.2, -0.15) is 22.0 Å². The molecule has 0 bridgehead atoms. The molecule has 2 atom stereocenters. The van der Waals surface area contributed by atoms with Crippen molar-refractivity contribution in [2.45, 2.75) is 103 Å². The predicted octanol–water partition coefficient (Wildman–Crippen LogP) is 8.93. The van der Waals surface area contributed by atoms with Crippen LogP contribution in [0.5, 0.6) is 0 Å². The van der Waals surface area contributed by atoms with E-state index in [9.17, 15) is 17.6 Å². The fourth-order valence-electron chi connectivity index (χ4n) is 3.76. The first kappa shape index (κ1) is 27.6. The first-order valence-electron chi connectivity index (χ1n) is 11.5. The zero-order valence-corrected chi connectivity index (χ0v) is 18.7. The quantitative estimate of drug-likeness (QED) is 0.137. The Morgan fingerprint density at radius 1 is 0.806 bits per heavy atom. The lowest BCUT2D eigenvalue weighted by molar-refractivity contribution is -0.135. The minimum atomic E-state index is -4.21. The van der Waals surface area contributed by atoms with Gasteiger partial charge in [-0.05, 0) is 37.3 Å². The number of hydrogen-bond acceptors (Lipinski definition) is 1. The van der Waals surface area contributed by atoms with Gasteiger partial charge >= 0.3 is 12.2 Å². The molecule has 180 valence electrons. The van der Waals surface area contributed by atoms with Crippen LogP contribution in [0.3, 0.4) is 0 Å². The molecule has 0 heterocycles. The van der Waals surface area contributed by atoms with E-state index in [1.165, 1.54) is 0 Å². The third kappa shape index (κ3) is 10.6. The standard InChI is InChI=1S/C24H37F6N/c1-3-5-13-20(4-2)17-19-31(21-14-9-8-10-15-21)24(29,30)22(25)16-11-6-7-12-18-23(26,27)28/h8-10,14-15,20,22H,3-7,11-13,16-19H2,1-2H3. The summed E-state index contributed by atoms with van der Waals surface area (Å²) < 4.78 is 81.3. The highest BCUT2D eigenvalue weighted by Crippen LogP contribution is 2.35. The fourth-order valence-corrected chi connectivity index (χ4v) is 3.76. The topological polar surface area (TPSA) is 3.24 Å². The van der Waals surface area contributed by atoms with E-state index in [2.05, 4.69) is 6.92 Å². The van der Waals surface area contributed by atoms with E-state index in [4.69, 9.17) is 0 Å². The van der Waals surface area contributed by atoms with Gasteiger partial charge in [0.2, 0.25) is 0 Å². The Kier molecular flexibility index (Phi) is 12.4. The van der Waals surface area contributed by atoms with Crippen molar-refractivity contribution in [2.75, 3.05) is 11.4 Å². The number of benzene rings is 1. The number of alkyl halides is 6. The summed E-state index contributed by atoms with van der Waals surface area (Å²) in [7, 11) is 0. The largest absolute Gasteiger partial charge is 0.389 e. The molecule has 0 saturated carbocycles. The van der Waals surface area contributed by atoms with Gasteiger partial charge in [0.05, 0.1) is 0 Å². The Bertz CT molecular complexity index is 575. The Morgan fingerprint density at radius 2 is 1.45 bits per heavy atom. The Hall–Kier alpha value is -1.40. The molecule has 1 nitrogen and oxygen atoms in total. The van der Waals surface area contributed by atoms with Crippen LogP contribution in [0.1, 0.15) is 84.5 Å². The minimum absolute atomic E-state index is 0.0524.